The van der Waals surface area contributed by atoms with Gasteiger partial charge in [0.2, 0.25) is 0 Å². The SMILES string of the molecule is Cl.FC(F)(F)c1ccncc1OC1C2CC3CC1CN(C3)C2. The van der Waals surface area contributed by atoms with Crippen LogP contribution in [0.25, 0.3) is 0 Å². The third-order valence-corrected chi connectivity index (χ3v) is 5.06. The zero-order valence-corrected chi connectivity index (χ0v) is 12.7. The predicted octanol–water partition coefficient (Wildman–Crippen LogP) is 3.24. The molecule has 0 radical (unpaired) electrons. The number of alkyl halides is 3. The molecule has 3 nitrogen and oxygen atoms in total. The molecule has 1 aromatic rings. The number of hydrogen-bond donors (Lipinski definition) is 0. The van der Waals surface area contributed by atoms with Crippen molar-refractivity contribution in [2.75, 3.05) is 19.6 Å². The molecule has 3 saturated heterocycles. The van der Waals surface area contributed by atoms with E-state index in [1.165, 1.54) is 6.20 Å². The van der Waals surface area contributed by atoms with Crippen LogP contribution in [0.3, 0.4) is 0 Å². The van der Waals surface area contributed by atoms with Gasteiger partial charge in [-0.25, -0.2) is 0 Å². The Bertz CT molecular complexity index is 524. The van der Waals surface area contributed by atoms with Crippen LogP contribution in [0.5, 0.6) is 5.75 Å². The second-order valence-electron chi connectivity index (χ2n) is 6.53. The Labute approximate surface area is 133 Å². The number of pyridine rings is 1. The summed E-state index contributed by atoms with van der Waals surface area (Å²) < 4.78 is 45.0. The van der Waals surface area contributed by atoms with Crippen molar-refractivity contribution in [3.05, 3.63) is 24.0 Å². The molecule has 1 saturated carbocycles. The molecule has 7 heteroatoms. The van der Waals surface area contributed by atoms with Crippen LogP contribution in [0.4, 0.5) is 13.2 Å². The first kappa shape index (κ1) is 15.9. The molecular formula is C15H18ClF3N2O. The van der Waals surface area contributed by atoms with Gasteiger partial charge in [-0.1, -0.05) is 0 Å². The molecule has 5 rings (SSSR count). The first-order valence-electron chi connectivity index (χ1n) is 7.41. The zero-order chi connectivity index (χ0) is 14.6. The van der Waals surface area contributed by atoms with Gasteiger partial charge in [0.25, 0.3) is 0 Å². The highest BCUT2D eigenvalue weighted by Gasteiger charge is 2.49. The number of rotatable bonds is 2. The fourth-order valence-corrected chi connectivity index (χ4v) is 4.41. The van der Waals surface area contributed by atoms with Crippen molar-refractivity contribution in [3.63, 3.8) is 0 Å². The quantitative estimate of drug-likeness (QED) is 0.830. The Balaban J connectivity index is 0.00000144. The van der Waals surface area contributed by atoms with Crippen molar-refractivity contribution in [3.8, 4) is 5.75 Å². The topological polar surface area (TPSA) is 25.4 Å². The van der Waals surface area contributed by atoms with Crippen LogP contribution in [-0.4, -0.2) is 35.6 Å². The van der Waals surface area contributed by atoms with E-state index in [-0.39, 0.29) is 24.3 Å². The lowest BCUT2D eigenvalue weighted by atomic mass is 9.66. The molecule has 3 aliphatic heterocycles. The smallest absolute Gasteiger partial charge is 0.420 e. The largest absolute Gasteiger partial charge is 0.487 e. The minimum Gasteiger partial charge on any atom is -0.487 e. The molecule has 1 aromatic heterocycles. The molecule has 4 aliphatic rings. The van der Waals surface area contributed by atoms with Crippen molar-refractivity contribution in [1.29, 1.82) is 0 Å². The summed E-state index contributed by atoms with van der Waals surface area (Å²) in [5.41, 5.74) is -0.716. The van der Waals surface area contributed by atoms with Crippen molar-refractivity contribution in [2.45, 2.75) is 25.1 Å². The number of nitrogens with zero attached hydrogens (tertiary/aromatic N) is 2. The number of aromatic nitrogens is 1. The van der Waals surface area contributed by atoms with Gasteiger partial charge in [-0.05, 0) is 24.8 Å². The average Bonchev–Trinajstić information content (AvgIpc) is 2.41. The Kier molecular flexibility index (Phi) is 4.01. The first-order valence-corrected chi connectivity index (χ1v) is 7.41. The minimum atomic E-state index is -4.40. The zero-order valence-electron chi connectivity index (χ0n) is 11.9. The van der Waals surface area contributed by atoms with Gasteiger partial charge in [-0.15, -0.1) is 12.4 Å². The second kappa shape index (κ2) is 5.57. The van der Waals surface area contributed by atoms with Crippen LogP contribution in [0.15, 0.2) is 18.5 Å². The molecule has 1 aliphatic carbocycles. The fourth-order valence-electron chi connectivity index (χ4n) is 4.41. The van der Waals surface area contributed by atoms with E-state index in [0.29, 0.717) is 17.8 Å². The normalized spacial score (nSPS) is 36.0. The van der Waals surface area contributed by atoms with Crippen molar-refractivity contribution < 1.29 is 17.9 Å². The molecule has 4 heterocycles. The summed E-state index contributed by atoms with van der Waals surface area (Å²) in [6.07, 6.45) is 0.0432. The van der Waals surface area contributed by atoms with E-state index >= 15 is 0 Å². The highest BCUT2D eigenvalue weighted by atomic mass is 35.5. The number of hydrogen-bond acceptors (Lipinski definition) is 3. The maximum Gasteiger partial charge on any atom is 0.420 e. The van der Waals surface area contributed by atoms with E-state index in [1.807, 2.05) is 0 Å². The molecule has 4 bridgehead atoms. The molecule has 4 fully saturated rings. The third kappa shape index (κ3) is 2.67. The van der Waals surface area contributed by atoms with Crippen LogP contribution in [-0.2, 0) is 6.18 Å². The van der Waals surface area contributed by atoms with Gasteiger partial charge in [0.05, 0.1) is 6.20 Å². The molecule has 0 amide bonds. The van der Waals surface area contributed by atoms with Gasteiger partial charge in [0.15, 0.2) is 0 Å². The molecule has 0 N–H and O–H groups in total. The van der Waals surface area contributed by atoms with Crippen molar-refractivity contribution in [1.82, 2.24) is 9.88 Å². The molecule has 2 unspecified atom stereocenters. The van der Waals surface area contributed by atoms with Gasteiger partial charge in [-0.3, -0.25) is 4.98 Å². The molecule has 122 valence electrons. The molecule has 0 spiro atoms. The van der Waals surface area contributed by atoms with E-state index in [0.717, 1.165) is 44.7 Å². The molecular weight excluding hydrogens is 317 g/mol. The maximum atomic E-state index is 13.0. The lowest BCUT2D eigenvalue weighted by molar-refractivity contribution is -0.142. The number of halogens is 4. The Hall–Kier alpha value is -1.01. The lowest BCUT2D eigenvalue weighted by Crippen LogP contribution is -2.61. The van der Waals surface area contributed by atoms with Crippen molar-refractivity contribution >= 4 is 12.4 Å². The summed E-state index contributed by atoms with van der Waals surface area (Å²) >= 11 is 0. The van der Waals surface area contributed by atoms with E-state index in [4.69, 9.17) is 4.74 Å². The van der Waals surface area contributed by atoms with E-state index in [1.54, 1.807) is 0 Å². The Morgan fingerprint density at radius 1 is 1.14 bits per heavy atom. The Morgan fingerprint density at radius 2 is 1.82 bits per heavy atom. The van der Waals surface area contributed by atoms with Crippen LogP contribution in [0, 0.1) is 17.8 Å². The summed E-state index contributed by atoms with van der Waals surface area (Å²) in [5, 5.41) is 0. The van der Waals surface area contributed by atoms with Gasteiger partial charge in [0, 0.05) is 37.7 Å². The number of piperidine rings is 3. The summed E-state index contributed by atoms with van der Waals surface area (Å²) in [5.74, 6) is 1.31. The van der Waals surface area contributed by atoms with E-state index in [9.17, 15) is 13.2 Å². The van der Waals surface area contributed by atoms with Crippen LogP contribution < -0.4 is 4.74 Å². The lowest BCUT2D eigenvalue weighted by Gasteiger charge is -2.55. The standard InChI is InChI=1S/C15H17F3N2O.ClH/c16-15(17,18)12-1-2-19-5-13(12)21-14-10-3-9-4-11(14)8-20(6-9)7-10;/h1-2,5,9-11,14H,3-4,6-8H2;1H. The second-order valence-corrected chi connectivity index (χ2v) is 6.53. The minimum absolute atomic E-state index is 0. The monoisotopic (exact) mass is 334 g/mol. The van der Waals surface area contributed by atoms with Crippen LogP contribution in [0.1, 0.15) is 18.4 Å². The van der Waals surface area contributed by atoms with Crippen LogP contribution in [0.2, 0.25) is 0 Å². The highest BCUT2D eigenvalue weighted by Crippen LogP contribution is 2.46. The molecule has 2 atom stereocenters. The van der Waals surface area contributed by atoms with Gasteiger partial charge >= 0.3 is 6.18 Å². The van der Waals surface area contributed by atoms with Crippen molar-refractivity contribution in [2.24, 2.45) is 17.8 Å². The third-order valence-electron chi connectivity index (χ3n) is 5.06. The Morgan fingerprint density at radius 3 is 2.41 bits per heavy atom. The fraction of sp³-hybridized carbons (Fsp3) is 0.667. The average molecular weight is 335 g/mol. The van der Waals surface area contributed by atoms with Gasteiger partial charge in [-0.2, -0.15) is 13.2 Å². The van der Waals surface area contributed by atoms with Gasteiger partial charge < -0.3 is 9.64 Å². The summed E-state index contributed by atoms with van der Waals surface area (Å²) in [6.45, 7) is 3.07. The predicted molar refractivity (Wildman–Crippen MR) is 77.0 cm³/mol. The van der Waals surface area contributed by atoms with E-state index in [2.05, 4.69) is 9.88 Å². The maximum absolute atomic E-state index is 13.0. The number of ether oxygens (including phenoxy) is 1. The summed E-state index contributed by atoms with van der Waals surface area (Å²) in [4.78, 5) is 6.24. The highest BCUT2D eigenvalue weighted by molar-refractivity contribution is 5.85. The van der Waals surface area contributed by atoms with E-state index < -0.39 is 11.7 Å². The van der Waals surface area contributed by atoms with Crippen LogP contribution >= 0.6 is 12.4 Å². The molecule has 22 heavy (non-hydrogen) atoms. The summed E-state index contributed by atoms with van der Waals surface area (Å²) in [6, 6.07) is 0.995. The first-order chi connectivity index (χ1) is 10.0. The van der Waals surface area contributed by atoms with Gasteiger partial charge in [0.1, 0.15) is 17.4 Å². The molecule has 0 aromatic carbocycles. The summed E-state index contributed by atoms with van der Waals surface area (Å²) in [7, 11) is 0.